The van der Waals surface area contributed by atoms with Gasteiger partial charge in [0.2, 0.25) is 0 Å². The van der Waals surface area contributed by atoms with Crippen molar-refractivity contribution in [3.8, 4) is 11.1 Å². The summed E-state index contributed by atoms with van der Waals surface area (Å²) in [6.07, 6.45) is -2.32. The van der Waals surface area contributed by atoms with E-state index in [9.17, 15) is 24.2 Å². The normalized spacial score (nSPS) is 14.2. The summed E-state index contributed by atoms with van der Waals surface area (Å²) in [6, 6.07) is 20.3. The smallest absolute Gasteiger partial charge is 0.421 e. The Bertz CT molecular complexity index is 1160. The van der Waals surface area contributed by atoms with E-state index in [-0.39, 0.29) is 18.9 Å². The number of hydrogen-bond donors (Lipinski definition) is 4. The number of nitrogens with two attached hydrogens (primary N) is 1. The van der Waals surface area contributed by atoms with Crippen LogP contribution in [0.1, 0.15) is 22.6 Å². The maximum absolute atomic E-state index is 13.1. The Labute approximate surface area is 201 Å². The van der Waals surface area contributed by atoms with E-state index in [2.05, 4.69) is 5.43 Å². The van der Waals surface area contributed by atoms with Crippen molar-refractivity contribution in [3.05, 3.63) is 95.3 Å². The number of aliphatic carboxylic acids is 1. The van der Waals surface area contributed by atoms with Gasteiger partial charge in [-0.1, -0.05) is 60.7 Å². The Balaban J connectivity index is 1.41. The van der Waals surface area contributed by atoms with Gasteiger partial charge in [-0.3, -0.25) is 10.2 Å². The number of ether oxygens (including phenoxy) is 1. The van der Waals surface area contributed by atoms with E-state index in [4.69, 9.17) is 10.5 Å². The van der Waals surface area contributed by atoms with Gasteiger partial charge in [0.15, 0.2) is 0 Å². The highest BCUT2D eigenvalue weighted by atomic mass is 19.1. The topological polar surface area (TPSA) is 125 Å². The van der Waals surface area contributed by atoms with Crippen LogP contribution in [0.5, 0.6) is 0 Å². The fourth-order valence-electron chi connectivity index (χ4n) is 4.32. The highest BCUT2D eigenvalue weighted by molar-refractivity contribution is 5.79. The number of fused-ring (bicyclic) bond motifs is 3. The Hall–Kier alpha value is -3.79. The first kappa shape index (κ1) is 24.3. The van der Waals surface area contributed by atoms with Gasteiger partial charge in [-0.2, -0.15) is 5.01 Å². The molecule has 9 heteroatoms. The molecule has 0 aliphatic heterocycles. The first-order chi connectivity index (χ1) is 16.8. The molecule has 0 radical (unpaired) electrons. The zero-order valence-electron chi connectivity index (χ0n) is 18.8. The quantitative estimate of drug-likeness (QED) is 0.275. The third kappa shape index (κ3) is 5.65. The van der Waals surface area contributed by atoms with Gasteiger partial charge in [-0.15, -0.1) is 0 Å². The van der Waals surface area contributed by atoms with Gasteiger partial charge < -0.3 is 20.7 Å². The molecule has 5 N–H and O–H groups in total. The summed E-state index contributed by atoms with van der Waals surface area (Å²) in [7, 11) is 0. The molecule has 0 fully saturated rings. The molecule has 1 amide bonds. The number of carboxylic acid groups (broad SMARTS) is 1. The number of hydrogen-bond acceptors (Lipinski definition) is 6. The van der Waals surface area contributed by atoms with Crippen LogP contribution in [0, 0.1) is 5.82 Å². The molecule has 1 aliphatic carbocycles. The average Bonchev–Trinajstić information content (AvgIpc) is 3.16. The van der Waals surface area contributed by atoms with Gasteiger partial charge in [0.25, 0.3) is 0 Å². The summed E-state index contributed by atoms with van der Waals surface area (Å²) in [4.78, 5) is 23.9. The van der Waals surface area contributed by atoms with Crippen LogP contribution in [0.2, 0.25) is 0 Å². The molecule has 8 nitrogen and oxygen atoms in total. The molecule has 3 aromatic rings. The van der Waals surface area contributed by atoms with Crippen molar-refractivity contribution in [3.63, 3.8) is 0 Å². The minimum absolute atomic E-state index is 0.0263. The molecule has 35 heavy (non-hydrogen) atoms. The summed E-state index contributed by atoms with van der Waals surface area (Å²) in [5.74, 6) is -1.86. The number of nitrogens with one attached hydrogen (secondary N) is 1. The molecule has 3 aromatic carbocycles. The lowest BCUT2D eigenvalue weighted by atomic mass is 9.98. The Kier molecular flexibility index (Phi) is 7.40. The Morgan fingerprint density at radius 1 is 1.00 bits per heavy atom. The minimum Gasteiger partial charge on any atom is -0.480 e. The van der Waals surface area contributed by atoms with Gasteiger partial charge in [-0.25, -0.2) is 9.18 Å². The molecule has 0 saturated carbocycles. The van der Waals surface area contributed by atoms with Crippen LogP contribution in [-0.2, 0) is 16.0 Å². The van der Waals surface area contributed by atoms with E-state index in [1.807, 2.05) is 48.5 Å². The lowest BCUT2D eigenvalue weighted by Gasteiger charge is -2.30. The van der Waals surface area contributed by atoms with Gasteiger partial charge in [0, 0.05) is 12.0 Å². The number of hydrazine groups is 1. The van der Waals surface area contributed by atoms with Crippen molar-refractivity contribution in [2.45, 2.75) is 24.6 Å². The number of aliphatic hydroxyl groups is 1. The second-order valence-electron chi connectivity index (χ2n) is 8.37. The molecule has 0 bridgehead atoms. The van der Waals surface area contributed by atoms with Crippen molar-refractivity contribution in [2.75, 3.05) is 13.2 Å². The number of carbonyl (C=O) groups is 2. The molecular weight excluding hydrogens is 453 g/mol. The predicted octanol–water partition coefficient (Wildman–Crippen LogP) is 2.85. The molecule has 0 heterocycles. The van der Waals surface area contributed by atoms with Crippen molar-refractivity contribution in [1.29, 1.82) is 0 Å². The first-order valence-electron chi connectivity index (χ1n) is 11.1. The lowest BCUT2D eigenvalue weighted by molar-refractivity contribution is -0.144. The van der Waals surface area contributed by atoms with E-state index >= 15 is 0 Å². The van der Waals surface area contributed by atoms with Crippen LogP contribution in [0.4, 0.5) is 9.18 Å². The van der Waals surface area contributed by atoms with Crippen LogP contribution in [-0.4, -0.2) is 52.7 Å². The largest absolute Gasteiger partial charge is 0.480 e. The van der Waals surface area contributed by atoms with Gasteiger partial charge in [-0.05, 0) is 46.4 Å². The second kappa shape index (κ2) is 10.6. The molecular formula is C26H26FN3O5. The molecule has 4 rings (SSSR count). The molecule has 0 spiro atoms. The van der Waals surface area contributed by atoms with E-state index < -0.39 is 36.7 Å². The van der Waals surface area contributed by atoms with Crippen LogP contribution in [0.15, 0.2) is 72.8 Å². The van der Waals surface area contributed by atoms with Gasteiger partial charge in [0.1, 0.15) is 25.2 Å². The van der Waals surface area contributed by atoms with E-state index in [1.165, 1.54) is 24.3 Å². The number of halogens is 1. The average molecular weight is 480 g/mol. The summed E-state index contributed by atoms with van der Waals surface area (Å²) >= 11 is 0. The van der Waals surface area contributed by atoms with Gasteiger partial charge >= 0.3 is 12.1 Å². The second-order valence-corrected chi connectivity index (χ2v) is 8.37. The zero-order chi connectivity index (χ0) is 24.9. The SMILES string of the molecule is N[C@@H](Cc1ccc(F)cc1)C(O)N(CC(=O)O)NC(=O)OCC1c2ccccc2-c2ccccc21. The van der Waals surface area contributed by atoms with Crippen molar-refractivity contribution in [1.82, 2.24) is 10.4 Å². The van der Waals surface area contributed by atoms with Crippen LogP contribution in [0.3, 0.4) is 0 Å². The highest BCUT2D eigenvalue weighted by Crippen LogP contribution is 2.44. The molecule has 0 saturated heterocycles. The van der Waals surface area contributed by atoms with Crippen LogP contribution in [0.25, 0.3) is 11.1 Å². The zero-order valence-corrected chi connectivity index (χ0v) is 18.8. The molecule has 0 aromatic heterocycles. The van der Waals surface area contributed by atoms with Crippen molar-refractivity contribution < 1.29 is 28.9 Å². The molecule has 1 unspecified atom stereocenters. The summed E-state index contributed by atoms with van der Waals surface area (Å²) in [5, 5.41) is 20.7. The number of amides is 1. The van der Waals surface area contributed by atoms with Crippen molar-refractivity contribution in [2.24, 2.45) is 5.73 Å². The summed E-state index contributed by atoms with van der Waals surface area (Å²) in [6.45, 7) is -0.680. The number of benzene rings is 3. The van der Waals surface area contributed by atoms with E-state index in [0.29, 0.717) is 5.56 Å². The van der Waals surface area contributed by atoms with Crippen LogP contribution < -0.4 is 11.2 Å². The molecule has 182 valence electrons. The molecule has 1 aliphatic rings. The summed E-state index contributed by atoms with van der Waals surface area (Å²) < 4.78 is 18.6. The van der Waals surface area contributed by atoms with Crippen molar-refractivity contribution >= 4 is 12.1 Å². The molecule has 2 atom stereocenters. The third-order valence-electron chi connectivity index (χ3n) is 5.97. The van der Waals surface area contributed by atoms with Crippen LogP contribution >= 0.6 is 0 Å². The maximum atomic E-state index is 13.1. The highest BCUT2D eigenvalue weighted by Gasteiger charge is 2.30. The van der Waals surface area contributed by atoms with E-state index in [1.54, 1.807) is 0 Å². The number of carbonyl (C=O) groups excluding carboxylic acids is 1. The number of nitrogens with zero attached hydrogens (tertiary/aromatic N) is 1. The minimum atomic E-state index is -1.53. The summed E-state index contributed by atoms with van der Waals surface area (Å²) in [5.41, 5.74) is 13.2. The monoisotopic (exact) mass is 479 g/mol. The van der Waals surface area contributed by atoms with E-state index in [0.717, 1.165) is 27.3 Å². The first-order valence-corrected chi connectivity index (χ1v) is 11.1. The Morgan fingerprint density at radius 2 is 1.57 bits per heavy atom. The number of aliphatic hydroxyl groups excluding tert-OH is 1. The van der Waals surface area contributed by atoms with Gasteiger partial charge in [0.05, 0.1) is 0 Å². The standard InChI is InChI=1S/C26H26FN3O5/c27-17-11-9-16(10-12-17)13-23(28)25(33)30(14-24(31)32)29-26(34)35-15-22-20-7-3-1-5-18(20)19-6-2-4-8-21(19)22/h1-12,22-23,25,33H,13-15,28H2,(H,29,34)(H,31,32)/t23-,25?/m0/s1. The fraction of sp³-hybridized carbons (Fsp3) is 0.231. The number of carboxylic acids is 1. The fourth-order valence-corrected chi connectivity index (χ4v) is 4.32. The lowest BCUT2D eigenvalue weighted by Crippen LogP contribution is -2.57. The number of rotatable bonds is 9. The third-order valence-corrected chi connectivity index (χ3v) is 5.97. The maximum Gasteiger partial charge on any atom is 0.421 e. The predicted molar refractivity (Wildman–Crippen MR) is 127 cm³/mol. The Morgan fingerprint density at radius 3 is 2.14 bits per heavy atom.